The Hall–Kier alpha value is -1.43. The fraction of sp³-hybridized carbons (Fsp3) is 0.364. The van der Waals surface area contributed by atoms with Crippen LogP contribution in [0.3, 0.4) is 0 Å². The number of ether oxygens (including phenoxy) is 1. The second-order valence-corrected chi connectivity index (χ2v) is 3.76. The molecule has 0 fully saturated rings. The Kier molecular flexibility index (Phi) is 4.84. The minimum Gasteiger partial charge on any atom is -0.462 e. The first kappa shape index (κ1) is 14.6. The van der Waals surface area contributed by atoms with Gasteiger partial charge in [0.25, 0.3) is 0 Å². The lowest BCUT2D eigenvalue weighted by Gasteiger charge is -2.16. The number of rotatable bonds is 5. The summed E-state index contributed by atoms with van der Waals surface area (Å²) in [6, 6.07) is 3.73. The van der Waals surface area contributed by atoms with Crippen LogP contribution in [0.4, 0.5) is 18.9 Å². The molecule has 0 saturated heterocycles. The van der Waals surface area contributed by atoms with E-state index in [4.69, 9.17) is 11.6 Å². The van der Waals surface area contributed by atoms with Gasteiger partial charge in [0.1, 0.15) is 5.82 Å². The van der Waals surface area contributed by atoms with Gasteiger partial charge in [0.05, 0.1) is 23.9 Å². The van der Waals surface area contributed by atoms with Gasteiger partial charge in [0, 0.05) is 0 Å². The zero-order valence-corrected chi connectivity index (χ0v) is 10.2. The molecule has 0 aliphatic rings. The third-order valence-corrected chi connectivity index (χ3v) is 2.41. The van der Waals surface area contributed by atoms with Crippen LogP contribution in [0.2, 0.25) is 5.02 Å². The van der Waals surface area contributed by atoms with E-state index in [-0.39, 0.29) is 17.3 Å². The van der Waals surface area contributed by atoms with E-state index in [0.29, 0.717) is 0 Å². The summed E-state index contributed by atoms with van der Waals surface area (Å²) in [7, 11) is 0. The van der Waals surface area contributed by atoms with Crippen LogP contribution in [-0.4, -0.2) is 25.0 Å². The van der Waals surface area contributed by atoms with Gasteiger partial charge in [0.15, 0.2) is 0 Å². The molecule has 1 N–H and O–H groups in total. The molecule has 1 aromatic rings. The highest BCUT2D eigenvalue weighted by molar-refractivity contribution is 6.33. The molecule has 0 aliphatic heterocycles. The average Bonchev–Trinajstić information content (AvgIpc) is 2.31. The van der Waals surface area contributed by atoms with E-state index in [1.165, 1.54) is 19.1 Å². The van der Waals surface area contributed by atoms with Crippen molar-refractivity contribution < 1.29 is 22.7 Å². The van der Waals surface area contributed by atoms with E-state index < -0.39 is 24.3 Å². The average molecular weight is 282 g/mol. The second kappa shape index (κ2) is 5.95. The first-order valence-corrected chi connectivity index (χ1v) is 5.49. The van der Waals surface area contributed by atoms with Crippen molar-refractivity contribution in [2.45, 2.75) is 12.8 Å². The van der Waals surface area contributed by atoms with E-state index in [1.54, 1.807) is 0 Å². The Balaban J connectivity index is 2.70. The van der Waals surface area contributed by atoms with Crippen molar-refractivity contribution in [2.75, 3.05) is 18.5 Å². The molecular formula is C11H11ClF3NO2. The quantitative estimate of drug-likeness (QED) is 0.843. The molecule has 0 bridgehead atoms. The normalized spacial score (nSPS) is 11.2. The third kappa shape index (κ3) is 3.53. The number of hydrogen-bond donors (Lipinski definition) is 1. The lowest BCUT2D eigenvalue weighted by atomic mass is 10.2. The number of alkyl halides is 2. The van der Waals surface area contributed by atoms with Gasteiger partial charge in [-0.15, -0.1) is 0 Å². The largest absolute Gasteiger partial charge is 0.462 e. The maximum absolute atomic E-state index is 13.2. The van der Waals surface area contributed by atoms with Crippen molar-refractivity contribution >= 4 is 23.3 Å². The van der Waals surface area contributed by atoms with Gasteiger partial charge in [-0.2, -0.15) is 8.78 Å². The van der Waals surface area contributed by atoms with Crippen molar-refractivity contribution in [1.82, 2.24) is 0 Å². The third-order valence-electron chi connectivity index (χ3n) is 2.03. The summed E-state index contributed by atoms with van der Waals surface area (Å²) in [6.07, 6.45) is 0. The topological polar surface area (TPSA) is 38.3 Å². The summed E-state index contributed by atoms with van der Waals surface area (Å²) >= 11 is 5.56. The molecule has 0 aromatic heterocycles. The summed E-state index contributed by atoms with van der Waals surface area (Å²) in [5, 5.41) is 1.90. The summed E-state index contributed by atoms with van der Waals surface area (Å²) in [4.78, 5) is 10.9. The molecule has 0 atom stereocenters. The Labute approximate surface area is 107 Å². The Morgan fingerprint density at radius 1 is 1.50 bits per heavy atom. The molecule has 1 rings (SSSR count). The molecule has 0 heterocycles. The highest BCUT2D eigenvalue weighted by Gasteiger charge is 2.40. The smallest absolute Gasteiger partial charge is 0.378 e. The van der Waals surface area contributed by atoms with Gasteiger partial charge in [-0.3, -0.25) is 0 Å². The van der Waals surface area contributed by atoms with Crippen molar-refractivity contribution in [3.05, 3.63) is 29.0 Å². The van der Waals surface area contributed by atoms with Gasteiger partial charge in [-0.25, -0.2) is 9.18 Å². The van der Waals surface area contributed by atoms with Crippen LogP contribution in [-0.2, 0) is 9.53 Å². The van der Waals surface area contributed by atoms with Crippen molar-refractivity contribution in [3.63, 3.8) is 0 Å². The summed E-state index contributed by atoms with van der Waals surface area (Å²) < 4.78 is 43.7. The van der Waals surface area contributed by atoms with Crippen LogP contribution in [0.25, 0.3) is 0 Å². The molecule has 0 aliphatic carbocycles. The van der Waals surface area contributed by atoms with Gasteiger partial charge in [-0.05, 0) is 19.1 Å². The number of anilines is 1. The minimum absolute atomic E-state index is 0.0133. The number of benzene rings is 1. The van der Waals surface area contributed by atoms with Crippen LogP contribution in [0.15, 0.2) is 18.2 Å². The summed E-state index contributed by atoms with van der Waals surface area (Å²) in [5.41, 5.74) is -0.0133. The maximum Gasteiger partial charge on any atom is 0.378 e. The monoisotopic (exact) mass is 281 g/mol. The van der Waals surface area contributed by atoms with Gasteiger partial charge in [0.2, 0.25) is 0 Å². The second-order valence-electron chi connectivity index (χ2n) is 3.38. The van der Waals surface area contributed by atoms with E-state index >= 15 is 0 Å². The van der Waals surface area contributed by atoms with Crippen molar-refractivity contribution in [2.24, 2.45) is 0 Å². The molecule has 0 radical (unpaired) electrons. The number of nitrogens with one attached hydrogen (secondary N) is 1. The minimum atomic E-state index is -3.70. The van der Waals surface area contributed by atoms with Crippen LogP contribution in [0.1, 0.15) is 6.92 Å². The van der Waals surface area contributed by atoms with Gasteiger partial charge >= 0.3 is 11.9 Å². The lowest BCUT2D eigenvalue weighted by Crippen LogP contribution is -2.37. The molecular weight excluding hydrogens is 271 g/mol. The number of carbonyl (C=O) groups is 1. The highest BCUT2D eigenvalue weighted by atomic mass is 35.5. The van der Waals surface area contributed by atoms with Gasteiger partial charge < -0.3 is 10.1 Å². The fourth-order valence-corrected chi connectivity index (χ4v) is 1.35. The highest BCUT2D eigenvalue weighted by Crippen LogP contribution is 2.26. The molecule has 0 saturated carbocycles. The van der Waals surface area contributed by atoms with E-state index in [0.717, 1.165) is 6.07 Å². The number of carbonyl (C=O) groups excluding carboxylic acids is 1. The summed E-state index contributed by atoms with van der Waals surface area (Å²) in [6.45, 7) is 0.259. The molecule has 0 spiro atoms. The van der Waals surface area contributed by atoms with Crippen LogP contribution < -0.4 is 5.32 Å². The zero-order chi connectivity index (χ0) is 13.8. The molecule has 18 heavy (non-hydrogen) atoms. The first-order chi connectivity index (χ1) is 8.38. The van der Waals surface area contributed by atoms with Crippen molar-refractivity contribution in [3.8, 4) is 0 Å². The van der Waals surface area contributed by atoms with Crippen LogP contribution in [0.5, 0.6) is 0 Å². The molecule has 0 unspecified atom stereocenters. The SMILES string of the molecule is CCOC(=O)C(F)(F)CNc1cccc(F)c1Cl. The zero-order valence-electron chi connectivity index (χ0n) is 9.47. The molecule has 0 amide bonds. The van der Waals surface area contributed by atoms with Crippen molar-refractivity contribution in [1.29, 1.82) is 0 Å². The summed E-state index contributed by atoms with van der Waals surface area (Å²) in [5.74, 6) is -6.07. The maximum atomic E-state index is 13.2. The predicted molar refractivity (Wildman–Crippen MR) is 61.5 cm³/mol. The van der Waals surface area contributed by atoms with Crippen LogP contribution >= 0.6 is 11.6 Å². The molecule has 100 valence electrons. The molecule has 1 aromatic carbocycles. The number of halogens is 4. The lowest BCUT2D eigenvalue weighted by molar-refractivity contribution is -0.169. The van der Waals surface area contributed by atoms with E-state index in [9.17, 15) is 18.0 Å². The Bertz CT molecular complexity index is 440. The van der Waals surface area contributed by atoms with E-state index in [1.807, 2.05) is 0 Å². The molecule has 7 heteroatoms. The predicted octanol–water partition coefficient (Wildman–Crippen LogP) is 3.09. The first-order valence-electron chi connectivity index (χ1n) is 5.11. The van der Waals surface area contributed by atoms with Gasteiger partial charge in [-0.1, -0.05) is 17.7 Å². The number of esters is 1. The Morgan fingerprint density at radius 2 is 2.17 bits per heavy atom. The molecule has 3 nitrogen and oxygen atoms in total. The standard InChI is InChI=1S/C11H11ClF3NO2/c1-2-18-10(17)11(14,15)6-16-8-5-3-4-7(13)9(8)12/h3-5,16H,2,6H2,1H3. The number of hydrogen-bond acceptors (Lipinski definition) is 3. The van der Waals surface area contributed by atoms with E-state index in [2.05, 4.69) is 10.1 Å². The fourth-order valence-electron chi connectivity index (χ4n) is 1.16. The van der Waals surface area contributed by atoms with Crippen LogP contribution in [0, 0.1) is 5.82 Å². The Morgan fingerprint density at radius 3 is 2.78 bits per heavy atom.